The summed E-state index contributed by atoms with van der Waals surface area (Å²) < 4.78 is 0. The summed E-state index contributed by atoms with van der Waals surface area (Å²) in [5, 5.41) is 0. The van der Waals surface area contributed by atoms with Crippen molar-refractivity contribution in [2.45, 2.75) is 34.2 Å². The quantitative estimate of drug-likeness (QED) is 0.631. The maximum Gasteiger partial charge on any atom is 0.0527 e. The molecule has 0 unspecified atom stereocenters. The highest BCUT2D eigenvalue weighted by Gasteiger charge is 2.19. The summed E-state index contributed by atoms with van der Waals surface area (Å²) in [5.41, 5.74) is 6.09. The van der Waals surface area contributed by atoms with Crippen LogP contribution in [0.3, 0.4) is 0 Å². The van der Waals surface area contributed by atoms with Crippen LogP contribution in [-0.4, -0.2) is 6.72 Å². The van der Waals surface area contributed by atoms with Crippen molar-refractivity contribution in [1.29, 1.82) is 0 Å². The largest absolute Gasteiger partial charge is 0.341 e. The van der Waals surface area contributed by atoms with Gasteiger partial charge < -0.3 is 4.90 Å². The van der Waals surface area contributed by atoms with Crippen LogP contribution in [0.5, 0.6) is 0 Å². The number of benzene rings is 2. The van der Waals surface area contributed by atoms with E-state index in [1.54, 1.807) is 0 Å². The summed E-state index contributed by atoms with van der Waals surface area (Å²) in [7, 11) is 0. The second kappa shape index (κ2) is 7.77. The first-order valence-corrected chi connectivity index (χ1v) is 8.12. The lowest BCUT2D eigenvalue weighted by Crippen LogP contribution is -2.21. The van der Waals surface area contributed by atoms with Crippen molar-refractivity contribution >= 4 is 12.4 Å². The smallest absolute Gasteiger partial charge is 0.0527 e. The molecule has 0 N–H and O–H groups in total. The fourth-order valence-corrected chi connectivity index (χ4v) is 2.52. The van der Waals surface area contributed by atoms with Gasteiger partial charge >= 0.3 is 0 Å². The lowest BCUT2D eigenvalue weighted by atomic mass is 9.94. The molecule has 0 aromatic heterocycles. The van der Waals surface area contributed by atoms with Crippen molar-refractivity contribution in [2.75, 3.05) is 4.90 Å². The molecular formula is C21H26N2. The number of aliphatic imine (C=N–C) groups is 1. The summed E-state index contributed by atoms with van der Waals surface area (Å²) in [5.74, 6) is 0.833. The van der Waals surface area contributed by atoms with Gasteiger partial charge in [0.1, 0.15) is 0 Å². The molecule has 2 heteroatoms. The average molecular weight is 306 g/mol. The van der Waals surface area contributed by atoms with E-state index in [-0.39, 0.29) is 0 Å². The minimum atomic E-state index is 0.833. The van der Waals surface area contributed by atoms with Gasteiger partial charge in [-0.25, -0.2) is 0 Å². The monoisotopic (exact) mass is 306 g/mol. The Balaban J connectivity index is 0.000000433. The van der Waals surface area contributed by atoms with Gasteiger partial charge in [-0.2, -0.15) is 0 Å². The Hall–Kier alpha value is -2.35. The lowest BCUT2D eigenvalue weighted by molar-refractivity contribution is 0.737. The molecule has 1 aliphatic rings. The molecule has 1 heterocycles. The number of hydrogen-bond acceptors (Lipinski definition) is 2. The minimum absolute atomic E-state index is 0.833. The third-order valence-electron chi connectivity index (χ3n) is 3.45. The molecule has 0 radical (unpaired) electrons. The molecule has 0 amide bonds. The highest BCUT2D eigenvalue weighted by Crippen LogP contribution is 2.39. The van der Waals surface area contributed by atoms with Crippen LogP contribution in [0.15, 0.2) is 65.4 Å². The van der Waals surface area contributed by atoms with Crippen LogP contribution >= 0.6 is 0 Å². The van der Waals surface area contributed by atoms with Crippen molar-refractivity contribution < 1.29 is 0 Å². The van der Waals surface area contributed by atoms with Gasteiger partial charge in [0.2, 0.25) is 0 Å². The Kier molecular flexibility index (Phi) is 5.75. The van der Waals surface area contributed by atoms with Gasteiger partial charge in [0.25, 0.3) is 0 Å². The van der Waals surface area contributed by atoms with E-state index in [2.05, 4.69) is 92.1 Å². The summed E-state index contributed by atoms with van der Waals surface area (Å²) in [6, 6.07) is 17.0. The molecule has 0 bridgehead atoms. The van der Waals surface area contributed by atoms with Gasteiger partial charge in [-0.1, -0.05) is 63.2 Å². The number of para-hydroxylation sites is 1. The Morgan fingerprint density at radius 2 is 1.61 bits per heavy atom. The molecule has 3 rings (SSSR count). The molecule has 0 atom stereocenters. The first-order chi connectivity index (χ1) is 11.0. The summed E-state index contributed by atoms with van der Waals surface area (Å²) in [6.45, 7) is 12.9. The molecule has 2 aromatic carbocycles. The Labute approximate surface area is 140 Å². The van der Waals surface area contributed by atoms with E-state index in [1.807, 2.05) is 6.92 Å². The van der Waals surface area contributed by atoms with Gasteiger partial charge in [0.05, 0.1) is 5.70 Å². The predicted molar refractivity (Wildman–Crippen MR) is 102 cm³/mol. The number of hydrogen-bond donors (Lipinski definition) is 0. The fraction of sp³-hybridized carbons (Fsp3) is 0.286. The van der Waals surface area contributed by atoms with Crippen molar-refractivity contribution in [3.05, 3.63) is 66.0 Å². The molecule has 0 fully saturated rings. The first-order valence-electron chi connectivity index (χ1n) is 8.12. The van der Waals surface area contributed by atoms with Gasteiger partial charge in [0.15, 0.2) is 0 Å². The third kappa shape index (κ3) is 4.32. The SMILES string of the molecule is C=N/C(C)=C\N1Cc2ccccc2-c2ccccc21.CC(C)C. The van der Waals surface area contributed by atoms with Crippen LogP contribution in [0.1, 0.15) is 33.3 Å². The van der Waals surface area contributed by atoms with E-state index in [9.17, 15) is 0 Å². The number of allylic oxidation sites excluding steroid dienone is 1. The maximum absolute atomic E-state index is 3.98. The number of anilines is 1. The highest BCUT2D eigenvalue weighted by molar-refractivity contribution is 5.84. The predicted octanol–water partition coefficient (Wildman–Crippen LogP) is 5.90. The molecule has 0 spiro atoms. The average Bonchev–Trinajstić information content (AvgIpc) is 2.54. The van der Waals surface area contributed by atoms with Crippen LogP contribution in [0.2, 0.25) is 0 Å². The van der Waals surface area contributed by atoms with E-state index in [0.29, 0.717) is 0 Å². The molecule has 23 heavy (non-hydrogen) atoms. The normalized spacial score (nSPS) is 12.9. The fourth-order valence-electron chi connectivity index (χ4n) is 2.52. The van der Waals surface area contributed by atoms with E-state index in [4.69, 9.17) is 0 Å². The van der Waals surface area contributed by atoms with Gasteiger partial charge in [-0.3, -0.25) is 4.99 Å². The van der Waals surface area contributed by atoms with Crippen LogP contribution < -0.4 is 4.90 Å². The van der Waals surface area contributed by atoms with Crippen LogP contribution in [0.25, 0.3) is 11.1 Å². The van der Waals surface area contributed by atoms with E-state index >= 15 is 0 Å². The lowest BCUT2D eigenvalue weighted by Gasteiger charge is -2.30. The summed E-state index contributed by atoms with van der Waals surface area (Å²) >= 11 is 0. The van der Waals surface area contributed by atoms with E-state index in [0.717, 1.165) is 18.2 Å². The molecule has 120 valence electrons. The van der Waals surface area contributed by atoms with Gasteiger partial charge in [-0.15, -0.1) is 0 Å². The van der Waals surface area contributed by atoms with E-state index in [1.165, 1.54) is 22.4 Å². The topological polar surface area (TPSA) is 15.6 Å². The number of rotatable bonds is 2. The molecule has 0 saturated carbocycles. The molecule has 0 aliphatic carbocycles. The Bertz CT molecular complexity index is 696. The number of fused-ring (bicyclic) bond motifs is 3. The molecule has 0 saturated heterocycles. The molecule has 2 aromatic rings. The molecular weight excluding hydrogens is 280 g/mol. The Morgan fingerprint density at radius 1 is 1.04 bits per heavy atom. The summed E-state index contributed by atoms with van der Waals surface area (Å²) in [4.78, 5) is 6.22. The zero-order chi connectivity index (χ0) is 16.8. The molecule has 1 aliphatic heterocycles. The Morgan fingerprint density at radius 3 is 2.26 bits per heavy atom. The zero-order valence-corrected chi connectivity index (χ0v) is 14.6. The van der Waals surface area contributed by atoms with Crippen LogP contribution in [-0.2, 0) is 6.54 Å². The second-order valence-corrected chi connectivity index (χ2v) is 6.46. The van der Waals surface area contributed by atoms with E-state index < -0.39 is 0 Å². The highest BCUT2D eigenvalue weighted by atomic mass is 15.1. The minimum Gasteiger partial charge on any atom is -0.341 e. The van der Waals surface area contributed by atoms with Crippen molar-refractivity contribution in [2.24, 2.45) is 10.9 Å². The standard InChI is InChI=1S/C17H16N2.C4H10/c1-13(18-2)11-19-12-14-7-3-4-8-15(14)16-9-5-6-10-17(16)19;1-4(2)3/h3-11H,2,12H2,1H3;4H,1-3H3/b13-11-;. The van der Waals surface area contributed by atoms with Crippen LogP contribution in [0, 0.1) is 5.92 Å². The summed E-state index contributed by atoms with van der Waals surface area (Å²) in [6.07, 6.45) is 2.06. The van der Waals surface area contributed by atoms with Gasteiger partial charge in [-0.05, 0) is 36.8 Å². The third-order valence-corrected chi connectivity index (χ3v) is 3.45. The van der Waals surface area contributed by atoms with Crippen molar-refractivity contribution in [1.82, 2.24) is 0 Å². The first kappa shape index (κ1) is 17.0. The van der Waals surface area contributed by atoms with Crippen molar-refractivity contribution in [3.8, 4) is 11.1 Å². The van der Waals surface area contributed by atoms with Crippen molar-refractivity contribution in [3.63, 3.8) is 0 Å². The maximum atomic E-state index is 3.98. The number of nitrogens with zero attached hydrogens (tertiary/aromatic N) is 2. The van der Waals surface area contributed by atoms with Crippen LogP contribution in [0.4, 0.5) is 5.69 Å². The zero-order valence-electron chi connectivity index (χ0n) is 14.6. The molecule has 2 nitrogen and oxygen atoms in total. The van der Waals surface area contributed by atoms with Gasteiger partial charge in [0, 0.05) is 24.0 Å². The second-order valence-electron chi connectivity index (χ2n) is 6.46.